The number of ether oxygens (including phenoxy) is 3. The van der Waals surface area contributed by atoms with E-state index >= 15 is 0 Å². The summed E-state index contributed by atoms with van der Waals surface area (Å²) < 4.78 is 21.6. The molecule has 28 heavy (non-hydrogen) atoms. The second-order valence-corrected chi connectivity index (χ2v) is 6.49. The molecule has 1 amide bonds. The first-order valence-corrected chi connectivity index (χ1v) is 8.70. The Balaban J connectivity index is 1.81. The van der Waals surface area contributed by atoms with Crippen LogP contribution in [0.15, 0.2) is 46.9 Å². The highest BCUT2D eigenvalue weighted by Crippen LogP contribution is 2.39. The van der Waals surface area contributed by atoms with Crippen molar-refractivity contribution in [2.45, 2.75) is 12.5 Å². The topological polar surface area (TPSA) is 90.2 Å². The largest absolute Gasteiger partial charge is 0.493 e. The van der Waals surface area contributed by atoms with Crippen molar-refractivity contribution in [1.29, 1.82) is 0 Å². The number of rotatable bonds is 7. The van der Waals surface area contributed by atoms with E-state index in [1.807, 2.05) is 24.3 Å². The monoisotopic (exact) mass is 385 g/mol. The van der Waals surface area contributed by atoms with Gasteiger partial charge in [0.25, 0.3) is 5.91 Å². The van der Waals surface area contributed by atoms with Crippen LogP contribution < -0.4 is 19.5 Å². The molecule has 0 aliphatic rings. The van der Waals surface area contributed by atoms with Gasteiger partial charge in [-0.3, -0.25) is 4.79 Å². The molecule has 0 radical (unpaired) electrons. The van der Waals surface area contributed by atoms with Gasteiger partial charge < -0.3 is 29.1 Å². The van der Waals surface area contributed by atoms with Gasteiger partial charge in [0.05, 0.1) is 33.4 Å². The Hall–Kier alpha value is -3.19. The van der Waals surface area contributed by atoms with Gasteiger partial charge in [-0.1, -0.05) is 18.2 Å². The maximum absolute atomic E-state index is 12.7. The van der Waals surface area contributed by atoms with Gasteiger partial charge in [-0.25, -0.2) is 0 Å². The Labute approximate surface area is 162 Å². The van der Waals surface area contributed by atoms with Crippen molar-refractivity contribution in [2.24, 2.45) is 0 Å². The zero-order valence-electron chi connectivity index (χ0n) is 16.2. The van der Waals surface area contributed by atoms with Crippen LogP contribution in [-0.2, 0) is 5.60 Å². The molecule has 148 valence electrons. The second-order valence-electron chi connectivity index (χ2n) is 6.49. The lowest BCUT2D eigenvalue weighted by atomic mass is 10.0. The summed E-state index contributed by atoms with van der Waals surface area (Å²) in [6.07, 6.45) is 0. The lowest BCUT2D eigenvalue weighted by molar-refractivity contribution is 0.0344. The van der Waals surface area contributed by atoms with Gasteiger partial charge in [0.2, 0.25) is 5.75 Å². The van der Waals surface area contributed by atoms with Crippen LogP contribution in [0.5, 0.6) is 17.2 Å². The Bertz CT molecular complexity index is 959. The third-order valence-electron chi connectivity index (χ3n) is 4.50. The molecule has 0 bridgehead atoms. The number of carbonyl (C=O) groups is 1. The number of benzene rings is 2. The van der Waals surface area contributed by atoms with E-state index in [0.717, 1.165) is 5.39 Å². The van der Waals surface area contributed by atoms with Crippen LogP contribution in [0.4, 0.5) is 0 Å². The van der Waals surface area contributed by atoms with Crippen molar-refractivity contribution >= 4 is 16.9 Å². The molecule has 2 N–H and O–H groups in total. The summed E-state index contributed by atoms with van der Waals surface area (Å²) in [5.41, 5.74) is -0.454. The number of hydrogen-bond donors (Lipinski definition) is 2. The number of fused-ring (bicyclic) bond motifs is 1. The fraction of sp³-hybridized carbons (Fsp3) is 0.286. The van der Waals surface area contributed by atoms with Crippen molar-refractivity contribution in [2.75, 3.05) is 27.9 Å². The number of aliphatic hydroxyl groups is 1. The molecule has 1 aromatic heterocycles. The average Bonchev–Trinajstić information content (AvgIpc) is 3.16. The normalized spacial score (nSPS) is 13.0. The van der Waals surface area contributed by atoms with E-state index in [1.165, 1.54) is 21.3 Å². The minimum Gasteiger partial charge on any atom is -0.493 e. The van der Waals surface area contributed by atoms with Gasteiger partial charge in [0.1, 0.15) is 16.9 Å². The lowest BCUT2D eigenvalue weighted by Crippen LogP contribution is -2.38. The molecule has 2 aromatic carbocycles. The third kappa shape index (κ3) is 3.61. The number of carbonyl (C=O) groups excluding carboxylic acids is 1. The predicted octanol–water partition coefficient (Wildman–Crippen LogP) is 3.10. The number of nitrogens with one attached hydrogen (secondary N) is 1. The number of methoxy groups -OCH3 is 3. The summed E-state index contributed by atoms with van der Waals surface area (Å²) >= 11 is 0. The number of amides is 1. The molecule has 3 rings (SSSR count). The molecule has 0 fully saturated rings. The Morgan fingerprint density at radius 1 is 1.07 bits per heavy atom. The first-order chi connectivity index (χ1) is 13.4. The Morgan fingerprint density at radius 3 is 2.43 bits per heavy atom. The van der Waals surface area contributed by atoms with E-state index < -0.39 is 11.5 Å². The van der Waals surface area contributed by atoms with E-state index in [9.17, 15) is 9.90 Å². The van der Waals surface area contributed by atoms with Gasteiger partial charge in [0.15, 0.2) is 11.5 Å². The van der Waals surface area contributed by atoms with Crippen LogP contribution in [0.2, 0.25) is 0 Å². The number of para-hydroxylation sites is 1. The first kappa shape index (κ1) is 19.6. The van der Waals surface area contributed by atoms with E-state index in [-0.39, 0.29) is 17.9 Å². The molecule has 0 unspecified atom stereocenters. The molecule has 0 aliphatic carbocycles. The third-order valence-corrected chi connectivity index (χ3v) is 4.50. The summed E-state index contributed by atoms with van der Waals surface area (Å²) in [6.45, 7) is 1.53. The van der Waals surface area contributed by atoms with Crippen LogP contribution in [0.3, 0.4) is 0 Å². The molecular formula is C21H23NO6. The Morgan fingerprint density at radius 2 is 1.79 bits per heavy atom. The van der Waals surface area contributed by atoms with Crippen LogP contribution >= 0.6 is 0 Å². The summed E-state index contributed by atoms with van der Waals surface area (Å²) in [6, 6.07) is 12.4. The smallest absolute Gasteiger partial charge is 0.255 e. The van der Waals surface area contributed by atoms with Gasteiger partial charge in [-0.05, 0) is 31.2 Å². The van der Waals surface area contributed by atoms with E-state index in [4.69, 9.17) is 18.6 Å². The predicted molar refractivity (Wildman–Crippen MR) is 104 cm³/mol. The van der Waals surface area contributed by atoms with Gasteiger partial charge in [0, 0.05) is 5.39 Å². The Kier molecular flexibility index (Phi) is 5.46. The maximum atomic E-state index is 12.7. The molecule has 1 atom stereocenters. The van der Waals surface area contributed by atoms with E-state index in [1.54, 1.807) is 25.1 Å². The van der Waals surface area contributed by atoms with Crippen molar-refractivity contribution in [1.82, 2.24) is 5.32 Å². The second kappa shape index (κ2) is 7.82. The molecule has 0 saturated heterocycles. The fourth-order valence-electron chi connectivity index (χ4n) is 2.96. The van der Waals surface area contributed by atoms with Crippen LogP contribution in [0.1, 0.15) is 23.0 Å². The molecule has 7 nitrogen and oxygen atoms in total. The summed E-state index contributed by atoms with van der Waals surface area (Å²) in [5.74, 6) is 0.970. The summed E-state index contributed by atoms with van der Waals surface area (Å²) in [7, 11) is 4.41. The van der Waals surface area contributed by atoms with Crippen LogP contribution in [0, 0.1) is 0 Å². The van der Waals surface area contributed by atoms with E-state index in [2.05, 4.69) is 5.32 Å². The van der Waals surface area contributed by atoms with Crippen molar-refractivity contribution < 1.29 is 28.5 Å². The van der Waals surface area contributed by atoms with Crippen molar-refractivity contribution in [3.05, 3.63) is 53.8 Å². The number of hydrogen-bond acceptors (Lipinski definition) is 6. The number of furan rings is 1. The summed E-state index contributed by atoms with van der Waals surface area (Å²) in [4.78, 5) is 12.7. The quantitative estimate of drug-likeness (QED) is 0.650. The van der Waals surface area contributed by atoms with Crippen LogP contribution in [0.25, 0.3) is 11.0 Å². The van der Waals surface area contributed by atoms with Gasteiger partial charge >= 0.3 is 0 Å². The fourth-order valence-corrected chi connectivity index (χ4v) is 2.96. The summed E-state index contributed by atoms with van der Waals surface area (Å²) in [5, 5.41) is 14.4. The minimum atomic E-state index is -1.39. The standard InChI is InChI=1S/C21H23NO6/c1-21(24,17-11-13-7-5-6-8-15(13)28-17)12-22-20(23)14-9-10-16(25-2)19(27-4)18(14)26-3/h5-11,24H,12H2,1-4H3,(H,22,23)/t21-/m1/s1. The van der Waals surface area contributed by atoms with Crippen LogP contribution in [-0.4, -0.2) is 38.9 Å². The van der Waals surface area contributed by atoms with E-state index in [0.29, 0.717) is 22.8 Å². The highest BCUT2D eigenvalue weighted by Gasteiger charge is 2.29. The highest BCUT2D eigenvalue weighted by molar-refractivity contribution is 5.98. The average molecular weight is 385 g/mol. The highest BCUT2D eigenvalue weighted by atomic mass is 16.5. The molecular weight excluding hydrogens is 362 g/mol. The molecule has 7 heteroatoms. The zero-order chi connectivity index (χ0) is 20.3. The lowest BCUT2D eigenvalue weighted by Gasteiger charge is -2.22. The van der Waals surface area contributed by atoms with Crippen molar-refractivity contribution in [3.63, 3.8) is 0 Å². The maximum Gasteiger partial charge on any atom is 0.255 e. The molecule has 0 saturated carbocycles. The van der Waals surface area contributed by atoms with Gasteiger partial charge in [-0.15, -0.1) is 0 Å². The molecule has 0 spiro atoms. The minimum absolute atomic E-state index is 0.0524. The zero-order valence-corrected chi connectivity index (χ0v) is 16.2. The van der Waals surface area contributed by atoms with Crippen molar-refractivity contribution in [3.8, 4) is 17.2 Å². The molecule has 1 heterocycles. The molecule has 0 aliphatic heterocycles. The van der Waals surface area contributed by atoms with Gasteiger partial charge in [-0.2, -0.15) is 0 Å². The molecule has 3 aromatic rings. The first-order valence-electron chi connectivity index (χ1n) is 8.70. The SMILES string of the molecule is COc1ccc(C(=O)NC[C@@](C)(O)c2cc3ccccc3o2)c(OC)c1OC.